The van der Waals surface area contributed by atoms with Crippen molar-refractivity contribution in [1.29, 1.82) is 0 Å². The van der Waals surface area contributed by atoms with E-state index in [1.807, 2.05) is 13.1 Å². The van der Waals surface area contributed by atoms with E-state index in [0.29, 0.717) is 12.6 Å². The van der Waals surface area contributed by atoms with Crippen LogP contribution in [-0.4, -0.2) is 18.1 Å². The van der Waals surface area contributed by atoms with Crippen LogP contribution in [0, 0.1) is 5.92 Å². The number of hydrogen-bond acceptors (Lipinski definition) is 3. The second-order valence-electron chi connectivity index (χ2n) is 4.66. The molecule has 94 valence electrons. The summed E-state index contributed by atoms with van der Waals surface area (Å²) < 4.78 is 5.51. The molecule has 0 saturated heterocycles. The highest BCUT2D eigenvalue weighted by Crippen LogP contribution is 2.41. The van der Waals surface area contributed by atoms with E-state index >= 15 is 0 Å². The Morgan fingerprint density at radius 3 is 2.88 bits per heavy atom. The van der Waals surface area contributed by atoms with Gasteiger partial charge in [0.05, 0.1) is 12.8 Å². The lowest BCUT2D eigenvalue weighted by molar-refractivity contribution is 0.337. The van der Waals surface area contributed by atoms with E-state index in [1.54, 1.807) is 6.20 Å². The zero-order valence-corrected chi connectivity index (χ0v) is 10.8. The summed E-state index contributed by atoms with van der Waals surface area (Å²) in [6.07, 6.45) is 7.59. The van der Waals surface area contributed by atoms with E-state index in [2.05, 4.69) is 23.3 Å². The van der Waals surface area contributed by atoms with Crippen molar-refractivity contribution in [2.24, 2.45) is 5.92 Å². The van der Waals surface area contributed by atoms with Crippen molar-refractivity contribution in [2.45, 2.75) is 39.2 Å². The zero-order valence-electron chi connectivity index (χ0n) is 10.8. The molecular formula is C14H22N2O. The number of pyridine rings is 1. The lowest BCUT2D eigenvalue weighted by atomic mass is 10.0. The third kappa shape index (κ3) is 3.43. The number of nitrogens with zero attached hydrogens (tertiary/aromatic N) is 1. The van der Waals surface area contributed by atoms with Gasteiger partial charge in [0.15, 0.2) is 0 Å². The lowest BCUT2D eigenvalue weighted by Gasteiger charge is -2.18. The van der Waals surface area contributed by atoms with Gasteiger partial charge in [0.1, 0.15) is 5.75 Å². The molecule has 1 aliphatic rings. The molecule has 1 aliphatic carbocycles. The molecule has 1 unspecified atom stereocenters. The van der Waals surface area contributed by atoms with Crippen molar-refractivity contribution in [2.75, 3.05) is 13.2 Å². The van der Waals surface area contributed by atoms with Gasteiger partial charge in [0, 0.05) is 12.2 Å². The van der Waals surface area contributed by atoms with Crippen LogP contribution in [0.4, 0.5) is 0 Å². The molecule has 3 heteroatoms. The van der Waals surface area contributed by atoms with Crippen molar-refractivity contribution in [1.82, 2.24) is 10.3 Å². The van der Waals surface area contributed by atoms with Gasteiger partial charge >= 0.3 is 0 Å². The van der Waals surface area contributed by atoms with Crippen molar-refractivity contribution in [3.05, 3.63) is 24.0 Å². The smallest absolute Gasteiger partial charge is 0.137 e. The molecule has 1 aromatic heterocycles. The fourth-order valence-corrected chi connectivity index (χ4v) is 2.14. The van der Waals surface area contributed by atoms with Crippen LogP contribution < -0.4 is 10.1 Å². The summed E-state index contributed by atoms with van der Waals surface area (Å²) in [7, 11) is 0. The van der Waals surface area contributed by atoms with Gasteiger partial charge in [-0.25, -0.2) is 0 Å². The van der Waals surface area contributed by atoms with E-state index in [0.717, 1.165) is 18.2 Å². The molecule has 1 fully saturated rings. The largest absolute Gasteiger partial charge is 0.492 e. The van der Waals surface area contributed by atoms with Gasteiger partial charge < -0.3 is 10.1 Å². The number of nitrogens with one attached hydrogen (secondary N) is 1. The van der Waals surface area contributed by atoms with Gasteiger partial charge in [-0.05, 0) is 50.3 Å². The molecule has 1 atom stereocenters. The minimum atomic E-state index is 0.461. The summed E-state index contributed by atoms with van der Waals surface area (Å²) in [5.74, 6) is 1.68. The topological polar surface area (TPSA) is 34.2 Å². The first-order valence-corrected chi connectivity index (χ1v) is 6.66. The maximum absolute atomic E-state index is 5.51. The molecule has 1 N–H and O–H groups in total. The average Bonchev–Trinajstić information content (AvgIpc) is 3.15. The molecule has 0 aromatic carbocycles. The molecule has 17 heavy (non-hydrogen) atoms. The fourth-order valence-electron chi connectivity index (χ4n) is 2.14. The van der Waals surface area contributed by atoms with Crippen molar-refractivity contribution < 1.29 is 4.74 Å². The Morgan fingerprint density at radius 2 is 2.24 bits per heavy atom. The van der Waals surface area contributed by atoms with Crippen molar-refractivity contribution >= 4 is 0 Å². The summed E-state index contributed by atoms with van der Waals surface area (Å²) in [6, 6.07) is 2.59. The molecule has 0 bridgehead atoms. The molecule has 1 saturated carbocycles. The van der Waals surface area contributed by atoms with Crippen LogP contribution in [0.1, 0.15) is 44.7 Å². The Bertz CT molecular complexity index is 350. The molecule has 0 spiro atoms. The van der Waals surface area contributed by atoms with E-state index in [9.17, 15) is 0 Å². The van der Waals surface area contributed by atoms with Gasteiger partial charge in [-0.15, -0.1) is 0 Å². The third-order valence-electron chi connectivity index (χ3n) is 3.11. The van der Waals surface area contributed by atoms with E-state index in [-0.39, 0.29) is 0 Å². The summed E-state index contributed by atoms with van der Waals surface area (Å²) in [5.41, 5.74) is 1.27. The Kier molecular flexibility index (Phi) is 4.37. The quantitative estimate of drug-likeness (QED) is 0.787. The Balaban J connectivity index is 2.08. The summed E-state index contributed by atoms with van der Waals surface area (Å²) in [4.78, 5) is 4.28. The number of aromatic nitrogens is 1. The monoisotopic (exact) mass is 234 g/mol. The molecule has 2 rings (SSSR count). The normalized spacial score (nSPS) is 16.8. The van der Waals surface area contributed by atoms with Gasteiger partial charge in [-0.3, -0.25) is 4.98 Å². The predicted molar refractivity (Wildman–Crippen MR) is 69.2 cm³/mol. The molecule has 0 radical (unpaired) electrons. The molecular weight excluding hydrogens is 212 g/mol. The van der Waals surface area contributed by atoms with Crippen LogP contribution in [0.25, 0.3) is 0 Å². The minimum Gasteiger partial charge on any atom is -0.492 e. The van der Waals surface area contributed by atoms with Crippen LogP contribution in [0.5, 0.6) is 5.75 Å². The standard InChI is InChI=1S/C14H22N2O/c1-3-7-16-14(11-5-6-11)12-8-13(17-4-2)10-15-9-12/h8-11,14,16H,3-7H2,1-2H3. The van der Waals surface area contributed by atoms with Crippen LogP contribution in [-0.2, 0) is 0 Å². The third-order valence-corrected chi connectivity index (χ3v) is 3.11. The fraction of sp³-hybridized carbons (Fsp3) is 0.643. The van der Waals surface area contributed by atoms with Gasteiger partial charge in [-0.1, -0.05) is 6.92 Å². The molecule has 0 aliphatic heterocycles. The van der Waals surface area contributed by atoms with Gasteiger partial charge in [0.25, 0.3) is 0 Å². The summed E-state index contributed by atoms with van der Waals surface area (Å²) in [5, 5.41) is 3.62. The highest BCUT2D eigenvalue weighted by molar-refractivity contribution is 5.27. The molecule has 1 heterocycles. The highest BCUT2D eigenvalue weighted by Gasteiger charge is 2.32. The average molecular weight is 234 g/mol. The van der Waals surface area contributed by atoms with Crippen LogP contribution in [0.3, 0.4) is 0 Å². The lowest BCUT2D eigenvalue weighted by Crippen LogP contribution is -2.24. The first kappa shape index (κ1) is 12.4. The predicted octanol–water partition coefficient (Wildman–Crippen LogP) is 2.93. The summed E-state index contributed by atoms with van der Waals surface area (Å²) >= 11 is 0. The Morgan fingerprint density at radius 1 is 1.41 bits per heavy atom. The number of hydrogen-bond donors (Lipinski definition) is 1. The first-order chi connectivity index (χ1) is 8.35. The maximum Gasteiger partial charge on any atom is 0.137 e. The zero-order chi connectivity index (χ0) is 12.1. The van der Waals surface area contributed by atoms with Crippen LogP contribution in [0.15, 0.2) is 18.5 Å². The maximum atomic E-state index is 5.51. The second kappa shape index (κ2) is 6.01. The van der Waals surface area contributed by atoms with Crippen molar-refractivity contribution in [3.8, 4) is 5.75 Å². The number of ether oxygens (including phenoxy) is 1. The van der Waals surface area contributed by atoms with Crippen LogP contribution in [0.2, 0.25) is 0 Å². The molecule has 3 nitrogen and oxygen atoms in total. The first-order valence-electron chi connectivity index (χ1n) is 6.66. The van der Waals surface area contributed by atoms with Crippen molar-refractivity contribution in [3.63, 3.8) is 0 Å². The highest BCUT2D eigenvalue weighted by atomic mass is 16.5. The molecule has 0 amide bonds. The molecule has 1 aromatic rings. The van der Waals surface area contributed by atoms with E-state index in [4.69, 9.17) is 4.74 Å². The Labute approximate surface area is 104 Å². The summed E-state index contributed by atoms with van der Waals surface area (Å²) in [6.45, 7) is 5.97. The second-order valence-corrected chi connectivity index (χ2v) is 4.66. The number of rotatable bonds is 7. The van der Waals surface area contributed by atoms with Gasteiger partial charge in [0.2, 0.25) is 0 Å². The van der Waals surface area contributed by atoms with Crippen LogP contribution >= 0.6 is 0 Å². The SMILES string of the molecule is CCCNC(c1cncc(OCC)c1)C1CC1. The Hall–Kier alpha value is -1.09. The van der Waals surface area contributed by atoms with E-state index < -0.39 is 0 Å². The minimum absolute atomic E-state index is 0.461. The van der Waals surface area contributed by atoms with Gasteiger partial charge in [-0.2, -0.15) is 0 Å². The van der Waals surface area contributed by atoms with E-state index in [1.165, 1.54) is 24.8 Å².